The quantitative estimate of drug-likeness (QED) is 0.356. The van der Waals surface area contributed by atoms with Gasteiger partial charge in [0.15, 0.2) is 0 Å². The number of rotatable bonds is 9. The zero-order valence-corrected chi connectivity index (χ0v) is 18.8. The van der Waals surface area contributed by atoms with Crippen LogP contribution in [0.2, 0.25) is 0 Å². The number of carbonyl (C=O) groups is 1. The molecule has 0 spiro atoms. The van der Waals surface area contributed by atoms with Crippen LogP contribution in [0, 0.1) is 23.2 Å². The van der Waals surface area contributed by atoms with Crippen LogP contribution in [-0.2, 0) is 14.6 Å². The summed E-state index contributed by atoms with van der Waals surface area (Å²) in [6.45, 7) is 15.3. The minimum absolute atomic E-state index is 0.284. The Bertz CT molecular complexity index is 531. The molecule has 1 heterocycles. The van der Waals surface area contributed by atoms with Gasteiger partial charge in [-0.2, -0.15) is 0 Å². The lowest BCUT2D eigenvalue weighted by atomic mass is 9.65. The lowest BCUT2D eigenvalue weighted by Crippen LogP contribution is -2.41. The summed E-state index contributed by atoms with van der Waals surface area (Å²) in [4.78, 5) is 22.2. The summed E-state index contributed by atoms with van der Waals surface area (Å²) in [7, 11) is 0. The molecule has 1 aliphatic carbocycles. The van der Waals surface area contributed by atoms with Crippen molar-refractivity contribution in [3.05, 3.63) is 12.2 Å². The Labute approximate surface area is 172 Å². The van der Waals surface area contributed by atoms with Crippen LogP contribution in [0.3, 0.4) is 0 Å². The van der Waals surface area contributed by atoms with Crippen LogP contribution in [0.15, 0.2) is 12.2 Å². The Morgan fingerprint density at radius 3 is 2.54 bits per heavy atom. The van der Waals surface area contributed by atoms with Gasteiger partial charge in [0.25, 0.3) is 0 Å². The SMILES string of the molecule is C=C1CCCC(C)(C)C1CCC(C)CCC[C@@]1(C)CC[C@H]([C@H](C)C(=O)O)OO1. The molecule has 1 saturated carbocycles. The molecule has 1 saturated heterocycles. The lowest BCUT2D eigenvalue weighted by molar-refractivity contribution is -0.411. The van der Waals surface area contributed by atoms with E-state index in [1.807, 2.05) is 0 Å². The summed E-state index contributed by atoms with van der Waals surface area (Å²) in [5.41, 5.74) is 1.59. The van der Waals surface area contributed by atoms with Crippen molar-refractivity contribution in [2.45, 2.75) is 111 Å². The first kappa shape index (κ1) is 23.4. The van der Waals surface area contributed by atoms with Crippen LogP contribution in [0.25, 0.3) is 0 Å². The van der Waals surface area contributed by atoms with Crippen LogP contribution in [0.5, 0.6) is 0 Å². The van der Waals surface area contributed by atoms with Gasteiger partial charge in [0, 0.05) is 0 Å². The molecule has 0 bridgehead atoms. The fraction of sp³-hybridized carbons (Fsp3) is 0.875. The van der Waals surface area contributed by atoms with Crippen LogP contribution >= 0.6 is 0 Å². The highest BCUT2D eigenvalue weighted by atomic mass is 17.2. The van der Waals surface area contributed by atoms with Crippen molar-refractivity contribution in [3.8, 4) is 0 Å². The molecule has 2 fully saturated rings. The van der Waals surface area contributed by atoms with Crippen molar-refractivity contribution in [1.29, 1.82) is 0 Å². The summed E-state index contributed by atoms with van der Waals surface area (Å²) >= 11 is 0. The van der Waals surface area contributed by atoms with E-state index in [2.05, 4.69) is 34.3 Å². The molecule has 0 aromatic carbocycles. The normalized spacial score (nSPS) is 32.7. The Morgan fingerprint density at radius 2 is 1.96 bits per heavy atom. The van der Waals surface area contributed by atoms with Crippen LogP contribution in [0.1, 0.15) is 98.8 Å². The number of carboxylic acids is 1. The summed E-state index contributed by atoms with van der Waals surface area (Å²) in [5, 5.41) is 9.12. The number of hydrogen-bond acceptors (Lipinski definition) is 3. The van der Waals surface area contributed by atoms with E-state index >= 15 is 0 Å². The van der Waals surface area contributed by atoms with Crippen molar-refractivity contribution >= 4 is 5.97 Å². The number of aliphatic carboxylic acids is 1. The summed E-state index contributed by atoms with van der Waals surface area (Å²) in [5.74, 6) is 0.0288. The van der Waals surface area contributed by atoms with Crippen LogP contribution in [0.4, 0.5) is 0 Å². The van der Waals surface area contributed by atoms with Crippen molar-refractivity contribution < 1.29 is 19.7 Å². The Kier molecular flexibility index (Phi) is 8.16. The molecule has 162 valence electrons. The molecule has 1 aliphatic heterocycles. The smallest absolute Gasteiger partial charge is 0.308 e. The molecule has 2 unspecified atom stereocenters. The van der Waals surface area contributed by atoms with Crippen molar-refractivity contribution in [2.75, 3.05) is 0 Å². The average Bonchev–Trinajstić information content (AvgIpc) is 2.60. The zero-order valence-electron chi connectivity index (χ0n) is 18.8. The second-order valence-electron chi connectivity index (χ2n) is 10.5. The molecule has 1 N–H and O–H groups in total. The van der Waals surface area contributed by atoms with Gasteiger partial charge in [-0.25, -0.2) is 9.78 Å². The fourth-order valence-corrected chi connectivity index (χ4v) is 5.06. The first-order valence-electron chi connectivity index (χ1n) is 11.3. The molecule has 2 rings (SSSR count). The maximum atomic E-state index is 11.1. The van der Waals surface area contributed by atoms with E-state index < -0.39 is 11.9 Å². The topological polar surface area (TPSA) is 55.8 Å². The Morgan fingerprint density at radius 1 is 1.25 bits per heavy atom. The molecule has 0 radical (unpaired) electrons. The standard InChI is InChI=1S/C24H42O4/c1-17(11-12-20-18(2)10-8-14-23(20,4)5)9-7-15-24(6)16-13-21(27-28-24)19(3)22(25)26/h17,19-21H,2,7-16H2,1,3-6H3,(H,25,26)/t17?,19-,20?,21+,24-/m0/s1. The van der Waals surface area contributed by atoms with E-state index in [4.69, 9.17) is 14.9 Å². The third kappa shape index (κ3) is 6.32. The van der Waals surface area contributed by atoms with Crippen molar-refractivity contribution in [2.24, 2.45) is 23.2 Å². The predicted molar refractivity (Wildman–Crippen MR) is 113 cm³/mol. The van der Waals surface area contributed by atoms with E-state index in [1.165, 1.54) is 44.1 Å². The van der Waals surface area contributed by atoms with Crippen LogP contribution < -0.4 is 0 Å². The second kappa shape index (κ2) is 9.75. The van der Waals surface area contributed by atoms with Gasteiger partial charge in [-0.15, -0.1) is 0 Å². The largest absolute Gasteiger partial charge is 0.481 e. The summed E-state index contributed by atoms with van der Waals surface area (Å²) in [6, 6.07) is 0. The molecular formula is C24H42O4. The minimum Gasteiger partial charge on any atom is -0.481 e. The third-order valence-corrected chi connectivity index (χ3v) is 7.38. The third-order valence-electron chi connectivity index (χ3n) is 7.38. The van der Waals surface area contributed by atoms with E-state index in [0.29, 0.717) is 17.3 Å². The predicted octanol–water partition coefficient (Wildman–Crippen LogP) is 6.55. The fourth-order valence-electron chi connectivity index (χ4n) is 5.06. The van der Waals surface area contributed by atoms with Gasteiger partial charge in [-0.1, -0.05) is 52.2 Å². The van der Waals surface area contributed by atoms with Crippen LogP contribution in [-0.4, -0.2) is 22.8 Å². The van der Waals surface area contributed by atoms with E-state index in [1.54, 1.807) is 6.92 Å². The number of allylic oxidation sites excluding steroid dienone is 1. The van der Waals surface area contributed by atoms with Gasteiger partial charge in [0.2, 0.25) is 0 Å². The highest BCUT2D eigenvalue weighted by molar-refractivity contribution is 5.70. The van der Waals surface area contributed by atoms with Gasteiger partial charge in [-0.3, -0.25) is 4.79 Å². The first-order chi connectivity index (χ1) is 13.0. The average molecular weight is 395 g/mol. The molecule has 4 heteroatoms. The van der Waals surface area contributed by atoms with Crippen molar-refractivity contribution in [3.63, 3.8) is 0 Å². The summed E-state index contributed by atoms with van der Waals surface area (Å²) < 4.78 is 0. The number of carboxylic acid groups (broad SMARTS) is 1. The lowest BCUT2D eigenvalue weighted by Gasteiger charge is -2.41. The number of hydrogen-bond donors (Lipinski definition) is 1. The van der Waals surface area contributed by atoms with Gasteiger partial charge < -0.3 is 5.11 Å². The molecule has 5 atom stereocenters. The minimum atomic E-state index is -0.824. The molecular weight excluding hydrogens is 352 g/mol. The molecule has 2 aliphatic rings. The monoisotopic (exact) mass is 394 g/mol. The zero-order chi connectivity index (χ0) is 20.9. The second-order valence-corrected chi connectivity index (χ2v) is 10.5. The Hall–Kier alpha value is -0.870. The van der Waals surface area contributed by atoms with Gasteiger partial charge in [0.1, 0.15) is 11.7 Å². The van der Waals surface area contributed by atoms with E-state index in [9.17, 15) is 4.79 Å². The maximum absolute atomic E-state index is 11.1. The molecule has 0 amide bonds. The Balaban J connectivity index is 1.68. The summed E-state index contributed by atoms with van der Waals surface area (Å²) in [6.07, 6.45) is 10.9. The van der Waals surface area contributed by atoms with Crippen molar-refractivity contribution in [1.82, 2.24) is 0 Å². The van der Waals surface area contributed by atoms with Gasteiger partial charge in [0.05, 0.1) is 5.92 Å². The van der Waals surface area contributed by atoms with E-state index in [0.717, 1.165) is 25.7 Å². The maximum Gasteiger partial charge on any atom is 0.308 e. The molecule has 4 nitrogen and oxygen atoms in total. The molecule has 0 aromatic rings. The molecule has 28 heavy (non-hydrogen) atoms. The first-order valence-corrected chi connectivity index (χ1v) is 11.3. The highest BCUT2D eigenvalue weighted by Crippen LogP contribution is 2.46. The highest BCUT2D eigenvalue weighted by Gasteiger charge is 2.38. The van der Waals surface area contributed by atoms with Gasteiger partial charge >= 0.3 is 5.97 Å². The molecule has 0 aromatic heterocycles. The van der Waals surface area contributed by atoms with E-state index in [-0.39, 0.29) is 11.7 Å². The van der Waals surface area contributed by atoms with Gasteiger partial charge in [-0.05, 0) is 76.0 Å².